The van der Waals surface area contributed by atoms with Gasteiger partial charge in [-0.25, -0.2) is 4.79 Å². The maximum Gasteiger partial charge on any atom is 0.318 e. The quantitative estimate of drug-likeness (QED) is 0.210. The molecule has 3 atom stereocenters. The van der Waals surface area contributed by atoms with E-state index in [0.717, 1.165) is 47.0 Å². The standard InChI is InChI=1S/C34H41N5O3/c1-5-42-31-18-17-24(22-38(3)4)20-29(31)36-33(40)32(23(2)27-21-35-28-15-10-9-14-26(27)28)37-34(41)39-19-11-16-30(39)25-12-7-6-8-13-25/h6-10,12-15,17-18,20-21,23,30,32,35H,5,11,16,19,22H2,1-4H3,(H,36,40)(H,37,41)/t23-,30?,32-/m1/s1. The fourth-order valence-corrected chi connectivity index (χ4v) is 5.95. The summed E-state index contributed by atoms with van der Waals surface area (Å²) in [6.07, 6.45) is 3.74. The van der Waals surface area contributed by atoms with Gasteiger partial charge in [0.15, 0.2) is 0 Å². The monoisotopic (exact) mass is 567 g/mol. The summed E-state index contributed by atoms with van der Waals surface area (Å²) >= 11 is 0. The van der Waals surface area contributed by atoms with Crippen LogP contribution in [0.4, 0.5) is 10.5 Å². The number of nitrogens with zero attached hydrogens (tertiary/aromatic N) is 2. The first-order valence-corrected chi connectivity index (χ1v) is 14.7. The van der Waals surface area contributed by atoms with Gasteiger partial charge >= 0.3 is 6.03 Å². The number of rotatable bonds is 10. The lowest BCUT2D eigenvalue weighted by molar-refractivity contribution is -0.118. The SMILES string of the molecule is CCOc1ccc(CN(C)C)cc1NC(=O)[C@H](NC(=O)N1CCCC1c1ccccc1)[C@H](C)c1c[nH]c2ccccc12. The zero-order chi connectivity index (χ0) is 29.6. The van der Waals surface area contributed by atoms with E-state index in [-0.39, 0.29) is 23.9 Å². The first-order chi connectivity index (χ1) is 20.4. The maximum atomic E-state index is 14.2. The van der Waals surface area contributed by atoms with E-state index in [4.69, 9.17) is 4.74 Å². The largest absolute Gasteiger partial charge is 0.492 e. The number of ether oxygens (including phenoxy) is 1. The number of carbonyl (C=O) groups is 2. The third-order valence-corrected chi connectivity index (χ3v) is 7.97. The van der Waals surface area contributed by atoms with Crippen molar-refractivity contribution in [3.05, 3.63) is 95.7 Å². The van der Waals surface area contributed by atoms with Gasteiger partial charge in [0.1, 0.15) is 11.8 Å². The van der Waals surface area contributed by atoms with Crippen LogP contribution in [0.2, 0.25) is 0 Å². The van der Waals surface area contributed by atoms with Gasteiger partial charge in [-0.15, -0.1) is 0 Å². The van der Waals surface area contributed by atoms with Gasteiger partial charge in [-0.05, 0) is 68.8 Å². The molecule has 1 aliphatic heterocycles. The highest BCUT2D eigenvalue weighted by Crippen LogP contribution is 2.34. The highest BCUT2D eigenvalue weighted by Gasteiger charge is 2.35. The number of carbonyl (C=O) groups excluding carboxylic acids is 2. The predicted molar refractivity (Wildman–Crippen MR) is 168 cm³/mol. The van der Waals surface area contributed by atoms with E-state index in [0.29, 0.717) is 24.6 Å². The van der Waals surface area contributed by atoms with Crippen LogP contribution < -0.4 is 15.4 Å². The summed E-state index contributed by atoms with van der Waals surface area (Å²) in [5, 5.41) is 7.29. The lowest BCUT2D eigenvalue weighted by Gasteiger charge is -2.30. The number of aromatic nitrogens is 1. The molecule has 3 aromatic carbocycles. The molecule has 3 N–H and O–H groups in total. The summed E-state index contributed by atoms with van der Waals surface area (Å²) in [5.41, 5.74) is 4.71. The first kappa shape index (κ1) is 29.2. The Balaban J connectivity index is 1.46. The number of nitrogens with one attached hydrogen (secondary N) is 3. The molecule has 220 valence electrons. The number of benzene rings is 3. The predicted octanol–water partition coefficient (Wildman–Crippen LogP) is 6.29. The zero-order valence-corrected chi connectivity index (χ0v) is 24.9. The Bertz CT molecular complexity index is 1520. The number of H-pyrrole nitrogens is 1. The molecular weight excluding hydrogens is 526 g/mol. The van der Waals surface area contributed by atoms with Gasteiger partial charge in [-0.3, -0.25) is 4.79 Å². The molecule has 3 amide bonds. The molecule has 2 heterocycles. The molecule has 1 unspecified atom stereocenters. The number of aromatic amines is 1. The Morgan fingerprint density at radius 2 is 1.83 bits per heavy atom. The molecule has 0 bridgehead atoms. The molecule has 1 aromatic heterocycles. The van der Waals surface area contributed by atoms with E-state index in [2.05, 4.69) is 32.7 Å². The molecule has 0 spiro atoms. The van der Waals surface area contributed by atoms with Gasteiger partial charge in [-0.2, -0.15) is 0 Å². The van der Waals surface area contributed by atoms with Crippen molar-refractivity contribution >= 4 is 28.5 Å². The summed E-state index contributed by atoms with van der Waals surface area (Å²) < 4.78 is 5.86. The smallest absolute Gasteiger partial charge is 0.318 e. The average Bonchev–Trinajstić information content (AvgIpc) is 3.65. The van der Waals surface area contributed by atoms with Crippen molar-refractivity contribution in [3.63, 3.8) is 0 Å². The molecule has 42 heavy (non-hydrogen) atoms. The van der Waals surface area contributed by atoms with E-state index in [1.54, 1.807) is 0 Å². The van der Waals surface area contributed by atoms with Gasteiger partial charge < -0.3 is 30.2 Å². The molecule has 4 aromatic rings. The van der Waals surface area contributed by atoms with E-state index < -0.39 is 6.04 Å². The van der Waals surface area contributed by atoms with Crippen molar-refractivity contribution in [2.75, 3.05) is 32.6 Å². The number of para-hydroxylation sites is 1. The van der Waals surface area contributed by atoms with Crippen molar-refractivity contribution in [3.8, 4) is 5.75 Å². The normalized spacial score (nSPS) is 16.4. The van der Waals surface area contributed by atoms with Crippen LogP contribution in [-0.2, 0) is 11.3 Å². The third kappa shape index (κ3) is 6.44. The van der Waals surface area contributed by atoms with Crippen LogP contribution in [0.1, 0.15) is 55.3 Å². The first-order valence-electron chi connectivity index (χ1n) is 14.7. The minimum Gasteiger partial charge on any atom is -0.492 e. The van der Waals surface area contributed by atoms with Crippen LogP contribution in [0.25, 0.3) is 10.9 Å². The molecule has 0 saturated carbocycles. The Morgan fingerprint density at radius 1 is 1.07 bits per heavy atom. The van der Waals surface area contributed by atoms with Gasteiger partial charge in [0.05, 0.1) is 18.3 Å². The maximum absolute atomic E-state index is 14.2. The Hall–Kier alpha value is -4.30. The fraction of sp³-hybridized carbons (Fsp3) is 0.353. The van der Waals surface area contributed by atoms with Gasteiger partial charge in [0, 0.05) is 36.1 Å². The average molecular weight is 568 g/mol. The summed E-state index contributed by atoms with van der Waals surface area (Å²) in [5.74, 6) is -0.00945. The molecule has 1 aliphatic rings. The van der Waals surface area contributed by atoms with Crippen LogP contribution in [0.5, 0.6) is 5.75 Å². The van der Waals surface area contributed by atoms with Crippen molar-refractivity contribution in [2.24, 2.45) is 0 Å². The topological polar surface area (TPSA) is 89.7 Å². The number of amides is 3. The van der Waals surface area contributed by atoms with Crippen LogP contribution in [-0.4, -0.2) is 60.0 Å². The molecule has 5 rings (SSSR count). The number of hydrogen-bond donors (Lipinski definition) is 3. The third-order valence-electron chi connectivity index (χ3n) is 7.97. The molecule has 8 nitrogen and oxygen atoms in total. The number of anilines is 1. The summed E-state index contributed by atoms with van der Waals surface area (Å²) in [6.45, 7) is 5.74. The summed E-state index contributed by atoms with van der Waals surface area (Å²) in [6, 6.07) is 22.9. The highest BCUT2D eigenvalue weighted by atomic mass is 16.5. The summed E-state index contributed by atoms with van der Waals surface area (Å²) in [7, 11) is 4.01. The minimum absolute atomic E-state index is 0.0226. The Labute approximate surface area is 248 Å². The molecule has 0 aliphatic carbocycles. The zero-order valence-electron chi connectivity index (χ0n) is 24.9. The lowest BCUT2D eigenvalue weighted by atomic mass is 9.92. The summed E-state index contributed by atoms with van der Waals surface area (Å²) in [4.78, 5) is 35.3. The van der Waals surface area contributed by atoms with Gasteiger partial charge in [0.2, 0.25) is 5.91 Å². The number of likely N-dealkylation sites (tertiary alicyclic amines) is 1. The van der Waals surface area contributed by atoms with Crippen molar-refractivity contribution in [2.45, 2.75) is 51.2 Å². The van der Waals surface area contributed by atoms with Crippen LogP contribution in [0.15, 0.2) is 79.0 Å². The lowest BCUT2D eigenvalue weighted by Crippen LogP contribution is -2.51. The molecule has 8 heteroatoms. The van der Waals surface area contributed by atoms with E-state index in [9.17, 15) is 9.59 Å². The van der Waals surface area contributed by atoms with Gasteiger partial charge in [0.25, 0.3) is 0 Å². The van der Waals surface area contributed by atoms with Gasteiger partial charge in [-0.1, -0.05) is 61.5 Å². The molecule has 1 saturated heterocycles. The van der Waals surface area contributed by atoms with Crippen molar-refractivity contribution < 1.29 is 14.3 Å². The van der Waals surface area contributed by atoms with E-state index >= 15 is 0 Å². The fourth-order valence-electron chi connectivity index (χ4n) is 5.95. The van der Waals surface area contributed by atoms with E-state index in [1.165, 1.54) is 0 Å². The van der Waals surface area contributed by atoms with Crippen LogP contribution in [0.3, 0.4) is 0 Å². The Kier molecular flexibility index (Phi) is 9.12. The molecular formula is C34H41N5O3. The number of fused-ring (bicyclic) bond motifs is 1. The number of urea groups is 1. The highest BCUT2D eigenvalue weighted by molar-refractivity contribution is 5.99. The second-order valence-electron chi connectivity index (χ2n) is 11.3. The molecule has 0 radical (unpaired) electrons. The van der Waals surface area contributed by atoms with E-state index in [1.807, 2.05) is 99.7 Å². The van der Waals surface area contributed by atoms with Crippen LogP contribution in [0, 0.1) is 0 Å². The minimum atomic E-state index is -0.833. The van der Waals surface area contributed by atoms with Crippen molar-refractivity contribution in [1.29, 1.82) is 0 Å². The Morgan fingerprint density at radius 3 is 2.60 bits per heavy atom. The second-order valence-corrected chi connectivity index (χ2v) is 11.3. The number of hydrogen-bond acceptors (Lipinski definition) is 4. The van der Waals surface area contributed by atoms with Crippen LogP contribution >= 0.6 is 0 Å². The van der Waals surface area contributed by atoms with Crippen molar-refractivity contribution in [1.82, 2.24) is 20.1 Å². The molecule has 1 fully saturated rings. The second kappa shape index (κ2) is 13.1.